The van der Waals surface area contributed by atoms with Gasteiger partial charge in [-0.25, -0.2) is 0 Å². The Morgan fingerprint density at radius 3 is 1.16 bits per heavy atom. The van der Waals surface area contributed by atoms with Crippen molar-refractivity contribution in [2.45, 2.75) is 19.8 Å². The quantitative estimate of drug-likeness (QED) is 0.0624. The molecule has 0 amide bonds. The fraction of sp³-hybridized carbons (Fsp3) is 0.0741. The monoisotopic (exact) mass is 844 g/mol. The van der Waals surface area contributed by atoms with Crippen LogP contribution in [-0.2, 0) is 0 Å². The first-order valence-corrected chi connectivity index (χ1v) is 22.9. The zero-order valence-corrected chi connectivity index (χ0v) is 34.2. The Kier molecular flexibility index (Phi) is 8.43. The number of para-hydroxylation sites is 4. The fourth-order valence-corrected chi connectivity index (χ4v) is 12.1. The van der Waals surface area contributed by atoms with Gasteiger partial charge in [-0.3, -0.25) is 0 Å². The Balaban J connectivity index is 1.09. The minimum absolute atomic E-state index is 0.285. The first kappa shape index (κ1) is 34.1. The zero-order chi connectivity index (χ0) is 37.9. The van der Waals surface area contributed by atoms with Gasteiger partial charge in [0.15, 0.2) is 0 Å². The summed E-state index contributed by atoms with van der Waals surface area (Å²) in [6.45, 7) is 2.30. The number of halogens is 1. The second-order valence-corrected chi connectivity index (χ2v) is 18.4. The second kappa shape index (κ2) is 14.1. The standard InChI is InChI=1S/C54H41IN2/c1-2-3-34-55-38-28-33-47-48(35-38)54(37-26-31-40(32-27-37)57-51-22-12-8-16-43(51)44-17-9-13-23-52(44)57)46-19-5-4-18-45(46)53(47)36-24-29-39(30-25-36)56-49-20-10-6-14-41(49)42-15-7-11-21-50(42)56/h4-33,35,55H,2-3,34H2,1H3. The molecule has 0 atom stereocenters. The molecule has 0 saturated heterocycles. The average molecular weight is 845 g/mol. The number of rotatable bonds is 8. The number of hydrogen-bond acceptors (Lipinski definition) is 0. The van der Waals surface area contributed by atoms with Gasteiger partial charge in [-0.2, -0.15) is 0 Å². The normalized spacial score (nSPS) is 11.9. The number of benzene rings is 9. The van der Waals surface area contributed by atoms with Crippen molar-refractivity contribution in [3.63, 3.8) is 0 Å². The summed E-state index contributed by atoms with van der Waals surface area (Å²) in [7, 11) is 0. The van der Waals surface area contributed by atoms with E-state index >= 15 is 0 Å². The molecule has 11 rings (SSSR count). The first-order chi connectivity index (χ1) is 28.3. The fourth-order valence-electron chi connectivity index (χ4n) is 9.16. The summed E-state index contributed by atoms with van der Waals surface area (Å²) in [5.74, 6) is 0. The molecule has 2 nitrogen and oxygen atoms in total. The van der Waals surface area contributed by atoms with E-state index in [1.54, 1.807) is 0 Å². The number of hydrogen-bond donors (Lipinski definition) is 0. The molecule has 57 heavy (non-hydrogen) atoms. The van der Waals surface area contributed by atoms with Crippen LogP contribution in [-0.4, -0.2) is 13.6 Å². The van der Waals surface area contributed by atoms with E-state index in [0.717, 1.165) is 0 Å². The summed E-state index contributed by atoms with van der Waals surface area (Å²) < 4.78 is 7.69. The van der Waals surface area contributed by atoms with E-state index in [1.807, 2.05) is 0 Å². The third-order valence-corrected chi connectivity index (χ3v) is 14.8. The van der Waals surface area contributed by atoms with Gasteiger partial charge in [0, 0.05) is 0 Å². The molecule has 0 spiro atoms. The minimum atomic E-state index is -0.285. The van der Waals surface area contributed by atoms with Crippen molar-refractivity contribution in [1.82, 2.24) is 9.13 Å². The Hall–Kier alpha value is -6.17. The van der Waals surface area contributed by atoms with Crippen LogP contribution >= 0.6 is 21.2 Å². The summed E-state index contributed by atoms with van der Waals surface area (Å²) in [5, 5.41) is 10.4. The second-order valence-electron chi connectivity index (χ2n) is 15.0. The number of alkyl halides is 1. The molecule has 0 unspecified atom stereocenters. The molecule has 11 aromatic rings. The van der Waals surface area contributed by atoms with Crippen LogP contribution in [0.3, 0.4) is 0 Å². The van der Waals surface area contributed by atoms with E-state index in [2.05, 4.69) is 204 Å². The Labute approximate surface area is 342 Å². The molecule has 0 saturated carbocycles. The van der Waals surface area contributed by atoms with Crippen molar-refractivity contribution < 1.29 is 0 Å². The molecular formula is C54H41IN2. The summed E-state index contributed by atoms with van der Waals surface area (Å²) in [6.07, 6.45) is 2.56. The van der Waals surface area contributed by atoms with Gasteiger partial charge >= 0.3 is 296 Å². The van der Waals surface area contributed by atoms with Gasteiger partial charge in [0.2, 0.25) is 0 Å². The SMILES string of the molecule is CCCC[IH]c1ccc2c(-c3ccc(-n4c5ccccc5c5ccccc54)cc3)c3ccccc3c(-c3ccc(-n4c5ccccc5c5ccccc54)cc3)c2c1. The van der Waals surface area contributed by atoms with Gasteiger partial charge in [-0.1, -0.05) is 48.5 Å². The third-order valence-electron chi connectivity index (χ3n) is 11.8. The predicted octanol–water partition coefficient (Wildman–Crippen LogP) is 15.2. The van der Waals surface area contributed by atoms with Crippen LogP contribution < -0.4 is 0 Å². The maximum atomic E-state index is 2.55. The first-order valence-electron chi connectivity index (χ1n) is 20.1. The molecule has 274 valence electrons. The van der Waals surface area contributed by atoms with E-state index in [-0.39, 0.29) is 21.2 Å². The van der Waals surface area contributed by atoms with Crippen molar-refractivity contribution in [3.8, 4) is 33.6 Å². The summed E-state index contributed by atoms with van der Waals surface area (Å²) in [4.78, 5) is 0. The molecule has 2 heterocycles. The third kappa shape index (κ3) is 5.59. The van der Waals surface area contributed by atoms with Gasteiger partial charge in [0.1, 0.15) is 0 Å². The number of aromatic nitrogens is 2. The average Bonchev–Trinajstić information content (AvgIpc) is 3.79. The molecule has 0 fully saturated rings. The van der Waals surface area contributed by atoms with Gasteiger partial charge in [-0.05, 0) is 0 Å². The van der Waals surface area contributed by atoms with Crippen molar-refractivity contribution in [3.05, 3.63) is 192 Å². The summed E-state index contributed by atoms with van der Waals surface area (Å²) >= 11 is -0.285. The molecule has 0 radical (unpaired) electrons. The number of nitrogens with zero attached hydrogens (tertiary/aromatic N) is 2. The predicted molar refractivity (Wildman–Crippen MR) is 255 cm³/mol. The topological polar surface area (TPSA) is 9.86 Å². The van der Waals surface area contributed by atoms with Gasteiger partial charge in [0.25, 0.3) is 0 Å². The number of unbranched alkanes of at least 4 members (excludes halogenated alkanes) is 1. The summed E-state index contributed by atoms with van der Waals surface area (Å²) in [6, 6.07) is 70.1. The van der Waals surface area contributed by atoms with Crippen molar-refractivity contribution in [1.29, 1.82) is 0 Å². The molecule has 0 aliphatic carbocycles. The Morgan fingerprint density at radius 2 is 0.737 bits per heavy atom. The Bertz CT molecular complexity index is 3190. The molecule has 2 aromatic heterocycles. The molecule has 9 aromatic carbocycles. The van der Waals surface area contributed by atoms with E-state index in [1.165, 1.54) is 120 Å². The molecule has 0 N–H and O–H groups in total. The van der Waals surface area contributed by atoms with Crippen molar-refractivity contribution in [2.24, 2.45) is 0 Å². The van der Waals surface area contributed by atoms with Crippen LogP contribution in [0.25, 0.3) is 98.8 Å². The Morgan fingerprint density at radius 1 is 0.368 bits per heavy atom. The molecule has 0 aliphatic heterocycles. The van der Waals surface area contributed by atoms with Crippen LogP contribution in [0.4, 0.5) is 0 Å². The van der Waals surface area contributed by atoms with Crippen LogP contribution in [0, 0.1) is 3.57 Å². The van der Waals surface area contributed by atoms with Crippen molar-refractivity contribution >= 4 is 86.4 Å². The van der Waals surface area contributed by atoms with Gasteiger partial charge in [-0.15, -0.1) is 0 Å². The molecule has 3 heteroatoms. The molecule has 0 aliphatic rings. The van der Waals surface area contributed by atoms with Crippen molar-refractivity contribution in [2.75, 3.05) is 4.43 Å². The van der Waals surface area contributed by atoms with Gasteiger partial charge < -0.3 is 0 Å². The van der Waals surface area contributed by atoms with Gasteiger partial charge in [0.05, 0.1) is 0 Å². The van der Waals surface area contributed by atoms with Crippen LogP contribution in [0.15, 0.2) is 188 Å². The van der Waals surface area contributed by atoms with E-state index < -0.39 is 0 Å². The maximum absolute atomic E-state index is 2.55. The van der Waals surface area contributed by atoms with Crippen LogP contribution in [0.5, 0.6) is 0 Å². The molecule has 0 bridgehead atoms. The number of fused-ring (bicyclic) bond motifs is 8. The van der Waals surface area contributed by atoms with Crippen LogP contribution in [0.1, 0.15) is 19.8 Å². The van der Waals surface area contributed by atoms with E-state index in [9.17, 15) is 0 Å². The molecular weight excluding hydrogens is 804 g/mol. The van der Waals surface area contributed by atoms with E-state index in [4.69, 9.17) is 0 Å². The van der Waals surface area contributed by atoms with Crippen LogP contribution in [0.2, 0.25) is 0 Å². The van der Waals surface area contributed by atoms with E-state index in [0.29, 0.717) is 0 Å². The zero-order valence-electron chi connectivity index (χ0n) is 31.8. The summed E-state index contributed by atoms with van der Waals surface area (Å²) in [5.41, 5.74) is 12.4.